The SMILES string of the molecule is CC(O)(CNC(=O)Nc1ccc2c(c1)OCO2)C(=O)O. The van der Waals surface area contributed by atoms with Crippen molar-refractivity contribution in [2.24, 2.45) is 0 Å². The summed E-state index contributed by atoms with van der Waals surface area (Å²) >= 11 is 0. The molecule has 2 amide bonds. The number of hydrogen-bond acceptors (Lipinski definition) is 5. The van der Waals surface area contributed by atoms with Crippen molar-refractivity contribution >= 4 is 17.7 Å². The van der Waals surface area contributed by atoms with Gasteiger partial charge in [0.1, 0.15) is 0 Å². The Labute approximate surface area is 114 Å². The summed E-state index contributed by atoms with van der Waals surface area (Å²) in [5.74, 6) is -0.314. The number of carbonyl (C=O) groups excluding carboxylic acids is 1. The van der Waals surface area contributed by atoms with Crippen molar-refractivity contribution in [3.63, 3.8) is 0 Å². The summed E-state index contributed by atoms with van der Waals surface area (Å²) in [6.45, 7) is 0.807. The number of aliphatic carboxylic acids is 1. The molecule has 108 valence electrons. The number of amides is 2. The molecule has 1 aliphatic heterocycles. The molecule has 1 aliphatic rings. The standard InChI is InChI=1S/C12H14N2O6/c1-12(18,10(15)16)5-13-11(17)14-7-2-3-8-9(4-7)20-6-19-8/h2-4,18H,5-6H2,1H3,(H,15,16)(H2,13,14,17). The van der Waals surface area contributed by atoms with Gasteiger partial charge in [0, 0.05) is 11.8 Å². The van der Waals surface area contributed by atoms with E-state index in [-0.39, 0.29) is 6.79 Å². The highest BCUT2D eigenvalue weighted by atomic mass is 16.7. The van der Waals surface area contributed by atoms with Crippen LogP contribution in [0.2, 0.25) is 0 Å². The predicted molar refractivity (Wildman–Crippen MR) is 67.8 cm³/mol. The molecule has 8 heteroatoms. The number of hydrogen-bond donors (Lipinski definition) is 4. The molecule has 8 nitrogen and oxygen atoms in total. The molecule has 0 bridgehead atoms. The van der Waals surface area contributed by atoms with Gasteiger partial charge in [-0.2, -0.15) is 0 Å². The third kappa shape index (κ3) is 3.09. The number of rotatable bonds is 4. The van der Waals surface area contributed by atoms with Gasteiger partial charge in [0.2, 0.25) is 6.79 Å². The summed E-state index contributed by atoms with van der Waals surface area (Å²) in [6.07, 6.45) is 0. The van der Waals surface area contributed by atoms with Gasteiger partial charge < -0.3 is 30.3 Å². The second-order valence-corrected chi connectivity index (χ2v) is 4.45. The first-order valence-corrected chi connectivity index (χ1v) is 5.79. The van der Waals surface area contributed by atoms with Crippen molar-refractivity contribution in [2.75, 3.05) is 18.7 Å². The van der Waals surface area contributed by atoms with Crippen LogP contribution in [0, 0.1) is 0 Å². The van der Waals surface area contributed by atoms with Crippen molar-refractivity contribution in [3.05, 3.63) is 18.2 Å². The zero-order chi connectivity index (χ0) is 14.8. The summed E-state index contributed by atoms with van der Waals surface area (Å²) in [5.41, 5.74) is -1.56. The van der Waals surface area contributed by atoms with Gasteiger partial charge in [0.25, 0.3) is 0 Å². The molecule has 1 atom stereocenters. The average Bonchev–Trinajstić information content (AvgIpc) is 2.83. The molecule has 20 heavy (non-hydrogen) atoms. The van der Waals surface area contributed by atoms with E-state index < -0.39 is 24.1 Å². The molecular formula is C12H14N2O6. The summed E-state index contributed by atoms with van der Waals surface area (Å²) in [5, 5.41) is 22.9. The fraction of sp³-hybridized carbons (Fsp3) is 0.333. The fourth-order valence-electron chi connectivity index (χ4n) is 1.48. The van der Waals surface area contributed by atoms with Crippen molar-refractivity contribution in [3.8, 4) is 11.5 Å². The predicted octanol–water partition coefficient (Wildman–Crippen LogP) is 0.372. The Morgan fingerprint density at radius 2 is 2.05 bits per heavy atom. The minimum absolute atomic E-state index is 0.131. The Hall–Kier alpha value is -2.48. The summed E-state index contributed by atoms with van der Waals surface area (Å²) in [6, 6.07) is 4.20. The van der Waals surface area contributed by atoms with Crippen LogP contribution in [0.25, 0.3) is 0 Å². The lowest BCUT2D eigenvalue weighted by Crippen LogP contribution is -2.47. The quantitative estimate of drug-likeness (QED) is 0.634. The van der Waals surface area contributed by atoms with E-state index >= 15 is 0 Å². The maximum absolute atomic E-state index is 11.6. The molecule has 0 saturated heterocycles. The lowest BCUT2D eigenvalue weighted by atomic mass is 10.1. The van der Waals surface area contributed by atoms with Crippen molar-refractivity contribution < 1.29 is 29.3 Å². The Morgan fingerprint density at radius 1 is 1.35 bits per heavy atom. The summed E-state index contributed by atoms with van der Waals surface area (Å²) in [7, 11) is 0. The molecular weight excluding hydrogens is 268 g/mol. The zero-order valence-electron chi connectivity index (χ0n) is 10.7. The number of benzene rings is 1. The van der Waals surface area contributed by atoms with E-state index in [0.29, 0.717) is 17.2 Å². The molecule has 1 aromatic carbocycles. The molecule has 0 spiro atoms. The number of aliphatic hydroxyl groups is 1. The van der Waals surface area contributed by atoms with E-state index in [1.807, 2.05) is 0 Å². The average molecular weight is 282 g/mol. The summed E-state index contributed by atoms with van der Waals surface area (Å²) < 4.78 is 10.3. The topological polar surface area (TPSA) is 117 Å². The van der Waals surface area contributed by atoms with Gasteiger partial charge in [-0.05, 0) is 19.1 Å². The van der Waals surface area contributed by atoms with Crippen LogP contribution < -0.4 is 20.1 Å². The third-order valence-electron chi connectivity index (χ3n) is 2.68. The van der Waals surface area contributed by atoms with Gasteiger partial charge >= 0.3 is 12.0 Å². The molecule has 0 fully saturated rings. The number of nitrogens with one attached hydrogen (secondary N) is 2. The maximum atomic E-state index is 11.6. The first-order chi connectivity index (χ1) is 9.38. The minimum Gasteiger partial charge on any atom is -0.479 e. The highest BCUT2D eigenvalue weighted by Gasteiger charge is 2.30. The lowest BCUT2D eigenvalue weighted by molar-refractivity contribution is -0.155. The second-order valence-electron chi connectivity index (χ2n) is 4.45. The minimum atomic E-state index is -2.02. The van der Waals surface area contributed by atoms with Crippen LogP contribution in [0.4, 0.5) is 10.5 Å². The number of fused-ring (bicyclic) bond motifs is 1. The number of carboxylic acids is 1. The van der Waals surface area contributed by atoms with Crippen LogP contribution >= 0.6 is 0 Å². The van der Waals surface area contributed by atoms with Crippen LogP contribution in [0.5, 0.6) is 11.5 Å². The Balaban J connectivity index is 1.90. The zero-order valence-corrected chi connectivity index (χ0v) is 10.7. The van der Waals surface area contributed by atoms with E-state index in [9.17, 15) is 14.7 Å². The normalized spacial score (nSPS) is 15.3. The molecule has 0 saturated carbocycles. The van der Waals surface area contributed by atoms with Crippen LogP contribution in [-0.2, 0) is 4.79 Å². The molecule has 2 rings (SSSR count). The highest BCUT2D eigenvalue weighted by molar-refractivity contribution is 5.90. The van der Waals surface area contributed by atoms with Crippen LogP contribution in [-0.4, -0.2) is 41.2 Å². The third-order valence-corrected chi connectivity index (χ3v) is 2.68. The number of carboxylic acid groups (broad SMARTS) is 1. The van der Waals surface area contributed by atoms with Gasteiger partial charge in [-0.3, -0.25) is 0 Å². The number of urea groups is 1. The van der Waals surface area contributed by atoms with E-state index in [1.165, 1.54) is 0 Å². The maximum Gasteiger partial charge on any atom is 0.337 e. The Bertz CT molecular complexity index is 543. The molecule has 1 unspecified atom stereocenters. The summed E-state index contributed by atoms with van der Waals surface area (Å²) in [4.78, 5) is 22.3. The molecule has 0 aliphatic carbocycles. The second kappa shape index (κ2) is 5.25. The van der Waals surface area contributed by atoms with Gasteiger partial charge in [-0.15, -0.1) is 0 Å². The van der Waals surface area contributed by atoms with E-state index in [4.69, 9.17) is 14.6 Å². The Morgan fingerprint density at radius 3 is 2.75 bits per heavy atom. The van der Waals surface area contributed by atoms with Gasteiger partial charge in [-0.1, -0.05) is 0 Å². The smallest absolute Gasteiger partial charge is 0.337 e. The lowest BCUT2D eigenvalue weighted by Gasteiger charge is -2.18. The van der Waals surface area contributed by atoms with E-state index in [0.717, 1.165) is 6.92 Å². The molecule has 4 N–H and O–H groups in total. The highest BCUT2D eigenvalue weighted by Crippen LogP contribution is 2.34. The number of ether oxygens (including phenoxy) is 2. The largest absolute Gasteiger partial charge is 0.479 e. The van der Waals surface area contributed by atoms with E-state index in [1.54, 1.807) is 18.2 Å². The van der Waals surface area contributed by atoms with Crippen LogP contribution in [0.15, 0.2) is 18.2 Å². The van der Waals surface area contributed by atoms with Crippen LogP contribution in [0.1, 0.15) is 6.92 Å². The van der Waals surface area contributed by atoms with Crippen LogP contribution in [0.3, 0.4) is 0 Å². The van der Waals surface area contributed by atoms with Gasteiger partial charge in [0.05, 0.1) is 6.54 Å². The molecule has 1 aromatic rings. The number of carbonyl (C=O) groups is 2. The Kier molecular flexibility index (Phi) is 3.66. The molecule has 0 radical (unpaired) electrons. The molecule has 0 aromatic heterocycles. The number of anilines is 1. The van der Waals surface area contributed by atoms with Crippen molar-refractivity contribution in [2.45, 2.75) is 12.5 Å². The first-order valence-electron chi connectivity index (χ1n) is 5.79. The van der Waals surface area contributed by atoms with Crippen molar-refractivity contribution in [1.82, 2.24) is 5.32 Å². The first kappa shape index (κ1) is 13.9. The molecule has 1 heterocycles. The van der Waals surface area contributed by atoms with Gasteiger partial charge in [-0.25, -0.2) is 9.59 Å². The fourth-order valence-corrected chi connectivity index (χ4v) is 1.48. The van der Waals surface area contributed by atoms with E-state index in [2.05, 4.69) is 10.6 Å². The van der Waals surface area contributed by atoms with Crippen molar-refractivity contribution in [1.29, 1.82) is 0 Å². The van der Waals surface area contributed by atoms with Gasteiger partial charge in [0.15, 0.2) is 17.1 Å². The monoisotopic (exact) mass is 282 g/mol.